The minimum Gasteiger partial charge on any atom is -0.453 e. The molecular weight excluding hydrogens is 434 g/mol. The summed E-state index contributed by atoms with van der Waals surface area (Å²) in [7, 11) is 0. The summed E-state index contributed by atoms with van der Waals surface area (Å²) in [4.78, 5) is 24.9. The van der Waals surface area contributed by atoms with Crippen LogP contribution in [0.4, 0.5) is 0 Å². The lowest BCUT2D eigenvalue weighted by Crippen LogP contribution is -2.13. The second-order valence-corrected chi connectivity index (χ2v) is 6.42. The Balaban J connectivity index is 0.000000156. The highest BCUT2D eigenvalue weighted by atomic mass is 79.9. The van der Waals surface area contributed by atoms with E-state index in [2.05, 4.69) is 20.8 Å². The summed E-state index contributed by atoms with van der Waals surface area (Å²) in [5, 5.41) is 2.18. The first-order chi connectivity index (χ1) is 13.1. The monoisotopic (exact) mass is 447 g/mol. The highest BCUT2D eigenvalue weighted by molar-refractivity contribution is 9.09. The standard InChI is InChI=1S/C10H7BrO2.C10H8ClNO2/c11-6-8(12)10-5-7-3-1-2-4-9(7)13-10;11-12-6-8(13)10-5-7-3-1-2-4-9(7)14-10/h1-5H,6H2;1-5,12H,6H2. The number of hydrogen-bond acceptors (Lipinski definition) is 5. The van der Waals surface area contributed by atoms with Crippen LogP contribution in [0.5, 0.6) is 0 Å². The van der Waals surface area contributed by atoms with Crippen LogP contribution in [0.15, 0.2) is 69.5 Å². The molecule has 1 N–H and O–H groups in total. The minimum absolute atomic E-state index is 0.0313. The van der Waals surface area contributed by atoms with E-state index in [0.29, 0.717) is 22.4 Å². The maximum absolute atomic E-state index is 11.4. The van der Waals surface area contributed by atoms with E-state index in [1.54, 1.807) is 12.1 Å². The van der Waals surface area contributed by atoms with Gasteiger partial charge in [0.2, 0.25) is 11.6 Å². The van der Waals surface area contributed by atoms with Crippen LogP contribution in [-0.2, 0) is 0 Å². The van der Waals surface area contributed by atoms with Gasteiger partial charge in [-0.15, -0.1) is 0 Å². The molecule has 7 heteroatoms. The van der Waals surface area contributed by atoms with E-state index in [-0.39, 0.29) is 18.1 Å². The molecule has 2 aromatic heterocycles. The molecule has 138 valence electrons. The zero-order valence-corrected chi connectivity index (χ0v) is 16.4. The quantitative estimate of drug-likeness (QED) is 0.252. The van der Waals surface area contributed by atoms with Gasteiger partial charge in [-0.3, -0.25) is 9.59 Å². The lowest BCUT2D eigenvalue weighted by Gasteiger charge is -1.91. The van der Waals surface area contributed by atoms with Gasteiger partial charge >= 0.3 is 0 Å². The molecular formula is C20H15BrClNO4. The van der Waals surface area contributed by atoms with Gasteiger partial charge < -0.3 is 8.83 Å². The van der Waals surface area contributed by atoms with Crippen LogP contribution >= 0.6 is 27.7 Å². The summed E-state index contributed by atoms with van der Waals surface area (Å²) in [6.45, 7) is 0.0708. The van der Waals surface area contributed by atoms with Crippen molar-refractivity contribution in [1.82, 2.24) is 4.84 Å². The number of ketones is 2. The van der Waals surface area contributed by atoms with Gasteiger partial charge in [0.25, 0.3) is 0 Å². The van der Waals surface area contributed by atoms with Gasteiger partial charge in [-0.1, -0.05) is 52.3 Å². The van der Waals surface area contributed by atoms with Crippen molar-refractivity contribution in [2.45, 2.75) is 0 Å². The highest BCUT2D eigenvalue weighted by Crippen LogP contribution is 2.20. The van der Waals surface area contributed by atoms with Crippen molar-refractivity contribution in [3.8, 4) is 0 Å². The van der Waals surface area contributed by atoms with Gasteiger partial charge in [0.1, 0.15) is 11.2 Å². The van der Waals surface area contributed by atoms with Crippen molar-refractivity contribution >= 4 is 61.2 Å². The smallest absolute Gasteiger partial charge is 0.213 e. The maximum atomic E-state index is 11.4. The molecule has 0 aliphatic rings. The molecule has 4 aromatic rings. The third-order valence-electron chi connectivity index (χ3n) is 3.75. The minimum atomic E-state index is -0.156. The van der Waals surface area contributed by atoms with E-state index in [1.807, 2.05) is 48.5 Å². The predicted molar refractivity (Wildman–Crippen MR) is 109 cm³/mol. The Morgan fingerprint density at radius 2 is 1.33 bits per heavy atom. The third kappa shape index (κ3) is 4.66. The van der Waals surface area contributed by atoms with Crippen LogP contribution in [0.1, 0.15) is 21.1 Å². The first-order valence-electron chi connectivity index (χ1n) is 8.05. The average molecular weight is 449 g/mol. The molecule has 27 heavy (non-hydrogen) atoms. The Kier molecular flexibility index (Phi) is 6.45. The van der Waals surface area contributed by atoms with Crippen molar-refractivity contribution in [2.75, 3.05) is 11.9 Å². The molecule has 2 heterocycles. The molecule has 2 aromatic carbocycles. The summed E-state index contributed by atoms with van der Waals surface area (Å²) < 4.78 is 10.7. The summed E-state index contributed by atoms with van der Waals surface area (Å²) in [6.07, 6.45) is 0. The second kappa shape index (κ2) is 8.99. The zero-order valence-electron chi connectivity index (χ0n) is 14.1. The fourth-order valence-electron chi connectivity index (χ4n) is 2.45. The van der Waals surface area contributed by atoms with Crippen LogP contribution in [0.25, 0.3) is 21.9 Å². The highest BCUT2D eigenvalue weighted by Gasteiger charge is 2.11. The second-order valence-electron chi connectivity index (χ2n) is 5.59. The van der Waals surface area contributed by atoms with Crippen LogP contribution in [0.3, 0.4) is 0 Å². The molecule has 0 fully saturated rings. The first-order valence-corrected chi connectivity index (χ1v) is 9.55. The van der Waals surface area contributed by atoms with Gasteiger partial charge in [0.15, 0.2) is 11.5 Å². The van der Waals surface area contributed by atoms with Crippen molar-refractivity contribution < 1.29 is 18.4 Å². The van der Waals surface area contributed by atoms with Crippen LogP contribution in [0.2, 0.25) is 0 Å². The molecule has 0 spiro atoms. The normalized spacial score (nSPS) is 10.6. The number of nitrogens with one attached hydrogen (secondary N) is 1. The molecule has 4 rings (SSSR count). The number of furan rings is 2. The molecule has 0 aliphatic carbocycles. The van der Waals surface area contributed by atoms with E-state index in [4.69, 9.17) is 20.6 Å². The lowest BCUT2D eigenvalue weighted by atomic mass is 10.2. The number of benzene rings is 2. The van der Waals surface area contributed by atoms with Gasteiger partial charge in [0, 0.05) is 10.8 Å². The number of para-hydroxylation sites is 2. The molecule has 0 amide bonds. The number of Topliss-reactive ketones (excluding diaryl/α,β-unsaturated/α-hetero) is 2. The summed E-state index contributed by atoms with van der Waals surface area (Å²) in [6, 6.07) is 18.5. The Bertz CT molecular complexity index is 1020. The Hall–Kier alpha value is -2.41. The summed E-state index contributed by atoms with van der Waals surface area (Å²) in [5.74, 6) is 0.560. The van der Waals surface area contributed by atoms with E-state index in [1.165, 1.54) is 0 Å². The zero-order chi connectivity index (χ0) is 19.2. The Labute approximate surface area is 168 Å². The van der Waals surface area contributed by atoms with Gasteiger partial charge in [0.05, 0.1) is 11.9 Å². The SMILES string of the molecule is O=C(CBr)c1cc2ccccc2o1.O=C(CNCl)c1cc2ccccc2o1. The number of hydrogen-bond donors (Lipinski definition) is 1. The molecule has 0 bridgehead atoms. The number of carbonyl (C=O) groups is 2. The van der Waals surface area contributed by atoms with E-state index < -0.39 is 0 Å². The van der Waals surface area contributed by atoms with Crippen molar-refractivity contribution in [1.29, 1.82) is 0 Å². The molecule has 0 aliphatic heterocycles. The van der Waals surface area contributed by atoms with Gasteiger partial charge in [-0.2, -0.15) is 0 Å². The van der Waals surface area contributed by atoms with E-state index in [9.17, 15) is 9.59 Å². The molecule has 0 atom stereocenters. The van der Waals surface area contributed by atoms with Crippen LogP contribution < -0.4 is 4.84 Å². The number of alkyl halides is 1. The van der Waals surface area contributed by atoms with Gasteiger partial charge in [-0.05, 0) is 36.0 Å². The van der Waals surface area contributed by atoms with Crippen molar-refractivity contribution in [3.05, 3.63) is 72.2 Å². The number of halogens is 2. The average Bonchev–Trinajstić information content (AvgIpc) is 3.32. The molecule has 0 saturated heterocycles. The fourth-order valence-corrected chi connectivity index (χ4v) is 2.85. The van der Waals surface area contributed by atoms with Crippen LogP contribution in [-0.4, -0.2) is 23.4 Å². The largest absolute Gasteiger partial charge is 0.453 e. The first kappa shape index (κ1) is 19.4. The summed E-state index contributed by atoms with van der Waals surface area (Å²) >= 11 is 8.33. The Morgan fingerprint density at radius 1 is 0.852 bits per heavy atom. The fraction of sp³-hybridized carbons (Fsp3) is 0.100. The van der Waals surface area contributed by atoms with Crippen LogP contribution in [0, 0.1) is 0 Å². The maximum Gasteiger partial charge on any atom is 0.213 e. The molecule has 0 radical (unpaired) electrons. The molecule has 0 unspecified atom stereocenters. The topological polar surface area (TPSA) is 72.5 Å². The van der Waals surface area contributed by atoms with Crippen molar-refractivity contribution in [2.24, 2.45) is 0 Å². The molecule has 5 nitrogen and oxygen atoms in total. The number of rotatable bonds is 5. The predicted octanol–water partition coefficient (Wildman–Crippen LogP) is 5.37. The number of carbonyl (C=O) groups excluding carboxylic acids is 2. The summed E-state index contributed by atoms with van der Waals surface area (Å²) in [5.41, 5.74) is 1.47. The Morgan fingerprint density at radius 3 is 1.78 bits per heavy atom. The number of fused-ring (bicyclic) bond motifs is 2. The van der Waals surface area contributed by atoms with E-state index >= 15 is 0 Å². The van der Waals surface area contributed by atoms with E-state index in [0.717, 1.165) is 16.4 Å². The lowest BCUT2D eigenvalue weighted by molar-refractivity contribution is 0.0971. The van der Waals surface area contributed by atoms with Gasteiger partial charge in [-0.25, -0.2) is 4.84 Å². The van der Waals surface area contributed by atoms with Crippen molar-refractivity contribution in [3.63, 3.8) is 0 Å². The third-order valence-corrected chi connectivity index (χ3v) is 4.39. The molecule has 0 saturated carbocycles.